The Morgan fingerprint density at radius 3 is 1.92 bits per heavy atom. The van der Waals surface area contributed by atoms with Crippen molar-refractivity contribution >= 4 is 5.97 Å². The number of hydrogen-bond donors (Lipinski definition) is 1. The van der Waals surface area contributed by atoms with Gasteiger partial charge in [0.15, 0.2) is 0 Å². The van der Waals surface area contributed by atoms with Gasteiger partial charge in [-0.2, -0.15) is 0 Å². The van der Waals surface area contributed by atoms with E-state index in [9.17, 15) is 9.90 Å². The molecule has 2 aromatic rings. The summed E-state index contributed by atoms with van der Waals surface area (Å²) in [6.45, 7) is 3.60. The number of benzene rings is 2. The normalized spacial score (nSPS) is 16.8. The number of rotatable bonds is 4. The Hall–Kier alpha value is -2.17. The molecular weight excluding hydrogens is 302 g/mol. The summed E-state index contributed by atoms with van der Waals surface area (Å²) in [5.41, 5.74) is -0.802. The summed E-state index contributed by atoms with van der Waals surface area (Å²) in [6.07, 6.45) is 1.98. The maximum Gasteiger partial charge on any atom is 0.366 e. The molecule has 126 valence electrons. The highest BCUT2D eigenvalue weighted by Gasteiger charge is 2.43. The van der Waals surface area contributed by atoms with Gasteiger partial charge < -0.3 is 9.94 Å². The van der Waals surface area contributed by atoms with Crippen molar-refractivity contribution in [3.05, 3.63) is 71.8 Å². The first kappa shape index (κ1) is 16.7. The largest absolute Gasteiger partial charge is 0.370 e. The summed E-state index contributed by atoms with van der Waals surface area (Å²) < 4.78 is 0. The zero-order valence-corrected chi connectivity index (χ0v) is 13.9. The lowest BCUT2D eigenvalue weighted by Crippen LogP contribution is -2.44. The van der Waals surface area contributed by atoms with E-state index in [0.29, 0.717) is 30.1 Å². The summed E-state index contributed by atoms with van der Waals surface area (Å²) in [7, 11) is 0. The van der Waals surface area contributed by atoms with E-state index in [2.05, 4.69) is 6.92 Å². The minimum Gasteiger partial charge on any atom is -0.370 e. The lowest BCUT2D eigenvalue weighted by atomic mass is 9.86. The van der Waals surface area contributed by atoms with Crippen LogP contribution in [0.2, 0.25) is 0 Å². The summed E-state index contributed by atoms with van der Waals surface area (Å²) in [5, 5.41) is 13.0. The van der Waals surface area contributed by atoms with Gasteiger partial charge in [0.1, 0.15) is 0 Å². The molecule has 0 amide bonds. The first-order valence-corrected chi connectivity index (χ1v) is 8.41. The third-order valence-electron chi connectivity index (χ3n) is 4.63. The minimum absolute atomic E-state index is 0.506. The molecule has 0 spiro atoms. The molecule has 0 radical (unpaired) electrons. The average molecular weight is 325 g/mol. The lowest BCUT2D eigenvalue weighted by molar-refractivity contribution is -0.213. The molecule has 1 N–H and O–H groups in total. The third kappa shape index (κ3) is 3.35. The van der Waals surface area contributed by atoms with Gasteiger partial charge in [0.25, 0.3) is 0 Å². The minimum atomic E-state index is -1.81. The van der Waals surface area contributed by atoms with Gasteiger partial charge in [0, 0.05) is 13.1 Å². The van der Waals surface area contributed by atoms with Crippen LogP contribution in [0, 0.1) is 5.92 Å². The number of hydroxylamine groups is 2. The summed E-state index contributed by atoms with van der Waals surface area (Å²) in [6, 6.07) is 17.9. The van der Waals surface area contributed by atoms with Crippen LogP contribution >= 0.6 is 0 Å². The van der Waals surface area contributed by atoms with Gasteiger partial charge in [-0.1, -0.05) is 67.6 Å². The molecule has 0 bridgehead atoms. The standard InChI is InChI=1S/C20H23NO3/c1-16-12-14-21(15-13-16)24-19(22)20(23,17-8-4-2-5-9-17)18-10-6-3-7-11-18/h2-11,16,23H,12-15H2,1H3. The molecule has 0 unspecified atom stereocenters. The first-order chi connectivity index (χ1) is 11.6. The van der Waals surface area contributed by atoms with Crippen molar-refractivity contribution in [2.24, 2.45) is 5.92 Å². The van der Waals surface area contributed by atoms with Crippen molar-refractivity contribution in [3.8, 4) is 0 Å². The second kappa shape index (κ2) is 7.16. The molecule has 0 aliphatic carbocycles. The lowest BCUT2D eigenvalue weighted by Gasteiger charge is -2.33. The Bertz CT molecular complexity index is 624. The van der Waals surface area contributed by atoms with Crippen LogP contribution in [-0.2, 0) is 15.2 Å². The first-order valence-electron chi connectivity index (χ1n) is 8.41. The Kier molecular flexibility index (Phi) is 4.97. The van der Waals surface area contributed by atoms with Crippen molar-refractivity contribution < 1.29 is 14.7 Å². The van der Waals surface area contributed by atoms with Crippen LogP contribution in [0.4, 0.5) is 0 Å². The zero-order valence-electron chi connectivity index (χ0n) is 13.9. The maximum atomic E-state index is 12.9. The molecule has 0 saturated carbocycles. The van der Waals surface area contributed by atoms with Crippen LogP contribution < -0.4 is 0 Å². The van der Waals surface area contributed by atoms with Crippen LogP contribution in [0.3, 0.4) is 0 Å². The Morgan fingerprint density at radius 2 is 1.46 bits per heavy atom. The predicted molar refractivity (Wildman–Crippen MR) is 91.9 cm³/mol. The zero-order chi connectivity index (χ0) is 17.0. The van der Waals surface area contributed by atoms with E-state index in [1.807, 2.05) is 12.1 Å². The Labute approximate surface area is 142 Å². The summed E-state index contributed by atoms with van der Waals surface area (Å²) in [5.74, 6) is -0.0171. The van der Waals surface area contributed by atoms with Crippen LogP contribution in [0.15, 0.2) is 60.7 Å². The fourth-order valence-electron chi connectivity index (χ4n) is 3.02. The molecule has 2 aromatic carbocycles. The van der Waals surface area contributed by atoms with E-state index in [1.54, 1.807) is 53.6 Å². The quantitative estimate of drug-likeness (QED) is 0.938. The fraction of sp³-hybridized carbons (Fsp3) is 0.350. The van der Waals surface area contributed by atoms with Crippen LogP contribution in [-0.4, -0.2) is 29.2 Å². The third-order valence-corrected chi connectivity index (χ3v) is 4.63. The molecule has 1 fully saturated rings. The predicted octanol–water partition coefficient (Wildman–Crippen LogP) is 3.11. The Morgan fingerprint density at radius 1 is 1.00 bits per heavy atom. The van der Waals surface area contributed by atoms with E-state index >= 15 is 0 Å². The second-order valence-corrected chi connectivity index (χ2v) is 6.43. The van der Waals surface area contributed by atoms with Gasteiger partial charge in [-0.3, -0.25) is 0 Å². The highest BCUT2D eigenvalue weighted by Crippen LogP contribution is 2.31. The highest BCUT2D eigenvalue weighted by molar-refractivity contribution is 5.85. The van der Waals surface area contributed by atoms with E-state index in [-0.39, 0.29) is 0 Å². The van der Waals surface area contributed by atoms with Crippen LogP contribution in [0.25, 0.3) is 0 Å². The van der Waals surface area contributed by atoms with Gasteiger partial charge >= 0.3 is 5.97 Å². The van der Waals surface area contributed by atoms with Crippen LogP contribution in [0.5, 0.6) is 0 Å². The van der Waals surface area contributed by atoms with Crippen molar-refractivity contribution in [1.82, 2.24) is 5.06 Å². The average Bonchev–Trinajstić information content (AvgIpc) is 2.64. The molecule has 0 atom stereocenters. The van der Waals surface area contributed by atoms with Crippen molar-refractivity contribution in [3.63, 3.8) is 0 Å². The molecule has 4 heteroatoms. The van der Waals surface area contributed by atoms with Gasteiger partial charge in [0.2, 0.25) is 5.60 Å². The van der Waals surface area contributed by atoms with Gasteiger partial charge in [-0.25, -0.2) is 4.79 Å². The molecule has 1 saturated heterocycles. The molecule has 1 aliphatic rings. The summed E-state index contributed by atoms with van der Waals surface area (Å²) in [4.78, 5) is 18.5. The fourth-order valence-corrected chi connectivity index (χ4v) is 3.02. The number of carbonyl (C=O) groups excluding carboxylic acids is 1. The van der Waals surface area contributed by atoms with E-state index in [0.717, 1.165) is 12.8 Å². The van der Waals surface area contributed by atoms with E-state index in [1.165, 1.54) is 0 Å². The smallest absolute Gasteiger partial charge is 0.366 e. The van der Waals surface area contributed by atoms with E-state index < -0.39 is 11.6 Å². The molecule has 0 aromatic heterocycles. The number of nitrogens with zero attached hydrogens (tertiary/aromatic N) is 1. The highest BCUT2D eigenvalue weighted by atomic mass is 16.7. The molecule has 3 rings (SSSR count). The molecule has 4 nitrogen and oxygen atoms in total. The maximum absolute atomic E-state index is 12.9. The Balaban J connectivity index is 1.89. The van der Waals surface area contributed by atoms with E-state index in [4.69, 9.17) is 4.84 Å². The van der Waals surface area contributed by atoms with Crippen molar-refractivity contribution in [2.45, 2.75) is 25.4 Å². The van der Waals surface area contributed by atoms with Gasteiger partial charge in [0.05, 0.1) is 0 Å². The van der Waals surface area contributed by atoms with Gasteiger partial charge in [-0.15, -0.1) is 5.06 Å². The SMILES string of the molecule is CC1CCN(OC(=O)C(O)(c2ccccc2)c2ccccc2)CC1. The van der Waals surface area contributed by atoms with Crippen molar-refractivity contribution in [1.29, 1.82) is 0 Å². The van der Waals surface area contributed by atoms with Gasteiger partial charge in [-0.05, 0) is 29.9 Å². The molecule has 24 heavy (non-hydrogen) atoms. The number of aliphatic hydroxyl groups is 1. The number of piperidine rings is 1. The summed E-state index contributed by atoms with van der Waals surface area (Å²) >= 11 is 0. The molecule has 1 heterocycles. The molecular formula is C20H23NO3. The number of carbonyl (C=O) groups is 1. The molecule has 1 aliphatic heterocycles. The van der Waals surface area contributed by atoms with Crippen LogP contribution in [0.1, 0.15) is 30.9 Å². The second-order valence-electron chi connectivity index (χ2n) is 6.43. The topological polar surface area (TPSA) is 49.8 Å². The monoisotopic (exact) mass is 325 g/mol. The van der Waals surface area contributed by atoms with Crippen molar-refractivity contribution in [2.75, 3.05) is 13.1 Å². The number of hydrogen-bond acceptors (Lipinski definition) is 4.